The van der Waals surface area contributed by atoms with Crippen molar-refractivity contribution in [1.29, 1.82) is 0 Å². The average Bonchev–Trinajstić information content (AvgIpc) is 2.78. The second-order valence-electron chi connectivity index (χ2n) is 8.97. The number of aromatic nitrogens is 1. The number of hydrogen-bond acceptors (Lipinski definition) is 6. The van der Waals surface area contributed by atoms with E-state index in [0.29, 0.717) is 53.5 Å². The predicted octanol–water partition coefficient (Wildman–Crippen LogP) is 5.33. The second kappa shape index (κ2) is 11.1. The number of rotatable bonds is 6. The first-order valence-electron chi connectivity index (χ1n) is 11.1. The number of thioether (sulfide) groups is 1. The summed E-state index contributed by atoms with van der Waals surface area (Å²) in [6, 6.07) is 9.29. The summed E-state index contributed by atoms with van der Waals surface area (Å²) in [7, 11) is 0. The monoisotopic (exact) mass is 524 g/mol. The normalized spacial score (nSPS) is 15.2. The topological polar surface area (TPSA) is 88.8 Å². The summed E-state index contributed by atoms with van der Waals surface area (Å²) in [6.07, 6.45) is 0.269. The van der Waals surface area contributed by atoms with Gasteiger partial charge in [0.05, 0.1) is 10.0 Å². The van der Waals surface area contributed by atoms with Crippen LogP contribution in [0.2, 0.25) is 10.0 Å². The molecule has 0 aliphatic carbocycles. The molecule has 0 saturated carbocycles. The van der Waals surface area contributed by atoms with Gasteiger partial charge in [-0.05, 0) is 38.3 Å². The summed E-state index contributed by atoms with van der Waals surface area (Å²) in [5.74, 6) is 0.111. The maximum atomic E-state index is 12.4. The number of halogens is 2. The highest BCUT2D eigenvalue weighted by Gasteiger charge is 2.30. The van der Waals surface area contributed by atoms with Crippen LogP contribution in [-0.2, 0) is 16.0 Å². The number of ether oxygens (including phenoxy) is 1. The van der Waals surface area contributed by atoms with Gasteiger partial charge in [-0.3, -0.25) is 4.79 Å². The molecule has 1 aromatic carbocycles. The van der Waals surface area contributed by atoms with Crippen LogP contribution in [0.1, 0.15) is 44.1 Å². The molecular formula is C24H30Cl2N4O3S. The number of nitrogens with two attached hydrogens (primary N) is 1. The molecule has 1 atom stereocenters. The summed E-state index contributed by atoms with van der Waals surface area (Å²) in [5.41, 5.74) is 6.71. The third-order valence-corrected chi connectivity index (χ3v) is 7.47. The fraction of sp³-hybridized carbons (Fsp3) is 0.458. The van der Waals surface area contributed by atoms with Gasteiger partial charge in [0.1, 0.15) is 21.7 Å². The standard InChI is InChI=1S/C24H30Cl2N4O3S/c1-5-16-17(25)21(29-11-13-30(14-12-29)23(32)33-24(2,3)4)28-22(18(16)26)34-19(20(27)31)15-9-7-6-8-10-15/h6-10,19H,5,11-14H2,1-4H3,(H2,27,31). The second-order valence-corrected chi connectivity index (χ2v) is 10.8. The Bertz CT molecular complexity index is 1040. The molecule has 34 heavy (non-hydrogen) atoms. The molecule has 10 heteroatoms. The number of primary amides is 1. The minimum absolute atomic E-state index is 0.333. The van der Waals surface area contributed by atoms with Gasteiger partial charge < -0.3 is 20.3 Å². The van der Waals surface area contributed by atoms with Gasteiger partial charge in [0.2, 0.25) is 5.91 Å². The lowest BCUT2D eigenvalue weighted by Crippen LogP contribution is -2.50. The van der Waals surface area contributed by atoms with Crippen LogP contribution >= 0.6 is 35.0 Å². The molecule has 2 aromatic rings. The lowest BCUT2D eigenvalue weighted by molar-refractivity contribution is -0.117. The number of amides is 2. The molecule has 1 fully saturated rings. The van der Waals surface area contributed by atoms with Crippen molar-refractivity contribution in [2.45, 2.75) is 50.0 Å². The Balaban J connectivity index is 1.86. The third-order valence-electron chi connectivity index (χ3n) is 5.30. The maximum Gasteiger partial charge on any atom is 0.410 e. The van der Waals surface area contributed by atoms with Gasteiger partial charge in [0, 0.05) is 26.2 Å². The first-order valence-corrected chi connectivity index (χ1v) is 12.8. The van der Waals surface area contributed by atoms with Gasteiger partial charge in [-0.25, -0.2) is 9.78 Å². The van der Waals surface area contributed by atoms with Crippen molar-refractivity contribution in [1.82, 2.24) is 9.88 Å². The fourth-order valence-electron chi connectivity index (χ4n) is 3.61. The zero-order valence-corrected chi connectivity index (χ0v) is 22.1. The van der Waals surface area contributed by atoms with Gasteiger partial charge in [-0.2, -0.15) is 0 Å². The number of piperazine rings is 1. The van der Waals surface area contributed by atoms with E-state index in [1.807, 2.05) is 62.9 Å². The quantitative estimate of drug-likeness (QED) is 0.513. The van der Waals surface area contributed by atoms with Crippen LogP contribution in [0.15, 0.2) is 35.4 Å². The van der Waals surface area contributed by atoms with E-state index in [1.54, 1.807) is 4.90 Å². The zero-order valence-electron chi connectivity index (χ0n) is 19.8. The Labute approximate surface area is 214 Å². The Kier molecular flexibility index (Phi) is 8.60. The van der Waals surface area contributed by atoms with Crippen LogP contribution in [0.4, 0.5) is 10.6 Å². The molecule has 2 amide bonds. The molecule has 0 spiro atoms. The van der Waals surface area contributed by atoms with Gasteiger partial charge in [0.15, 0.2) is 0 Å². The van der Waals surface area contributed by atoms with Crippen LogP contribution in [0.5, 0.6) is 0 Å². The predicted molar refractivity (Wildman–Crippen MR) is 138 cm³/mol. The number of hydrogen-bond donors (Lipinski definition) is 1. The minimum Gasteiger partial charge on any atom is -0.444 e. The molecule has 7 nitrogen and oxygen atoms in total. The molecule has 1 saturated heterocycles. The fourth-order valence-corrected chi connectivity index (χ4v) is 5.45. The number of carbonyl (C=O) groups is 2. The van der Waals surface area contributed by atoms with Gasteiger partial charge in [0.25, 0.3) is 0 Å². The van der Waals surface area contributed by atoms with Crippen molar-refractivity contribution in [2.24, 2.45) is 5.73 Å². The van der Waals surface area contributed by atoms with Crippen LogP contribution in [0.25, 0.3) is 0 Å². The van der Waals surface area contributed by atoms with E-state index >= 15 is 0 Å². The molecule has 1 unspecified atom stereocenters. The molecular weight excluding hydrogens is 495 g/mol. The molecule has 2 heterocycles. The Morgan fingerprint density at radius 2 is 1.74 bits per heavy atom. The van der Waals surface area contributed by atoms with Crippen molar-refractivity contribution >= 4 is 52.8 Å². The molecule has 0 bridgehead atoms. The molecule has 1 aliphatic heterocycles. The summed E-state index contributed by atoms with van der Waals surface area (Å²) in [6.45, 7) is 9.55. The number of nitrogens with zero attached hydrogens (tertiary/aromatic N) is 3. The summed E-state index contributed by atoms with van der Waals surface area (Å²) in [5, 5.41) is 0.766. The average molecular weight is 526 g/mol. The van der Waals surface area contributed by atoms with E-state index in [0.717, 1.165) is 11.1 Å². The largest absolute Gasteiger partial charge is 0.444 e. The lowest BCUT2D eigenvalue weighted by atomic mass is 10.1. The Morgan fingerprint density at radius 1 is 1.12 bits per heavy atom. The summed E-state index contributed by atoms with van der Waals surface area (Å²) in [4.78, 5) is 33.2. The van der Waals surface area contributed by atoms with Crippen molar-refractivity contribution < 1.29 is 14.3 Å². The van der Waals surface area contributed by atoms with E-state index < -0.39 is 16.8 Å². The number of pyridine rings is 1. The summed E-state index contributed by atoms with van der Waals surface area (Å²) >= 11 is 14.6. The van der Waals surface area contributed by atoms with Crippen molar-refractivity contribution in [3.05, 3.63) is 51.5 Å². The van der Waals surface area contributed by atoms with Crippen molar-refractivity contribution in [3.8, 4) is 0 Å². The number of benzene rings is 1. The van der Waals surface area contributed by atoms with Crippen LogP contribution in [-0.4, -0.2) is 53.7 Å². The molecule has 3 rings (SSSR count). The van der Waals surface area contributed by atoms with Crippen molar-refractivity contribution in [2.75, 3.05) is 31.1 Å². The smallest absolute Gasteiger partial charge is 0.410 e. The van der Waals surface area contributed by atoms with Crippen molar-refractivity contribution in [3.63, 3.8) is 0 Å². The number of anilines is 1. The van der Waals surface area contributed by atoms with Crippen LogP contribution < -0.4 is 10.6 Å². The van der Waals surface area contributed by atoms with E-state index in [-0.39, 0.29) is 6.09 Å². The third kappa shape index (κ3) is 6.29. The minimum atomic E-state index is -0.644. The van der Waals surface area contributed by atoms with E-state index in [9.17, 15) is 9.59 Å². The molecule has 2 N–H and O–H groups in total. The highest BCUT2D eigenvalue weighted by Crippen LogP contribution is 2.43. The first kappa shape index (κ1) is 26.4. The van der Waals surface area contributed by atoms with Gasteiger partial charge in [-0.15, -0.1) is 0 Å². The van der Waals surface area contributed by atoms with E-state index in [2.05, 4.69) is 0 Å². The molecule has 1 aliphatic rings. The molecule has 184 valence electrons. The maximum absolute atomic E-state index is 12.4. The van der Waals surface area contributed by atoms with Gasteiger partial charge >= 0.3 is 6.09 Å². The Hall–Kier alpha value is -2.16. The van der Waals surface area contributed by atoms with Crippen LogP contribution in [0.3, 0.4) is 0 Å². The van der Waals surface area contributed by atoms with Gasteiger partial charge in [-0.1, -0.05) is 72.2 Å². The first-order chi connectivity index (χ1) is 16.0. The Morgan fingerprint density at radius 3 is 2.26 bits per heavy atom. The highest BCUT2D eigenvalue weighted by atomic mass is 35.5. The SMILES string of the molecule is CCc1c(Cl)c(SC(C(N)=O)c2ccccc2)nc(N2CCN(C(=O)OC(C)(C)C)CC2)c1Cl. The molecule has 0 radical (unpaired) electrons. The summed E-state index contributed by atoms with van der Waals surface area (Å²) < 4.78 is 5.48. The zero-order chi connectivity index (χ0) is 25.0. The highest BCUT2D eigenvalue weighted by molar-refractivity contribution is 8.00. The number of carbonyl (C=O) groups excluding carboxylic acids is 2. The van der Waals surface area contributed by atoms with Crippen LogP contribution in [0, 0.1) is 0 Å². The molecule has 1 aromatic heterocycles. The lowest BCUT2D eigenvalue weighted by Gasteiger charge is -2.37. The van der Waals surface area contributed by atoms with E-state index in [1.165, 1.54) is 11.8 Å². The van der Waals surface area contributed by atoms with E-state index in [4.69, 9.17) is 38.7 Å².